The second-order valence-corrected chi connectivity index (χ2v) is 5.27. The van der Waals surface area contributed by atoms with Gasteiger partial charge in [-0.15, -0.1) is 0 Å². The number of hydrogen-bond donors (Lipinski definition) is 2. The summed E-state index contributed by atoms with van der Waals surface area (Å²) in [6, 6.07) is 3.73. The molecule has 0 unspecified atom stereocenters. The van der Waals surface area contributed by atoms with E-state index in [0.29, 0.717) is 0 Å². The summed E-state index contributed by atoms with van der Waals surface area (Å²) in [6.45, 7) is 0. The highest BCUT2D eigenvalue weighted by molar-refractivity contribution is 5.93. The smallest absolute Gasteiger partial charge is 0.303 e. The molecular weight excluding hydrogens is 244 g/mol. The van der Waals surface area contributed by atoms with Gasteiger partial charge >= 0.3 is 5.97 Å². The zero-order valence-electron chi connectivity index (χ0n) is 11.1. The molecule has 0 radical (unpaired) electrons. The van der Waals surface area contributed by atoms with Crippen LogP contribution in [0.1, 0.15) is 32.1 Å². The molecule has 1 fully saturated rings. The van der Waals surface area contributed by atoms with Crippen LogP contribution in [0.15, 0.2) is 18.3 Å². The van der Waals surface area contributed by atoms with E-state index in [-0.39, 0.29) is 24.2 Å². The summed E-state index contributed by atoms with van der Waals surface area (Å²) in [5, 5.41) is 8.77. The van der Waals surface area contributed by atoms with Gasteiger partial charge in [-0.05, 0) is 43.7 Å². The average Bonchev–Trinajstić information content (AvgIpc) is 2.91. The zero-order chi connectivity index (χ0) is 13.8. The van der Waals surface area contributed by atoms with Crippen molar-refractivity contribution in [1.82, 2.24) is 4.98 Å². The van der Waals surface area contributed by atoms with Gasteiger partial charge in [0, 0.05) is 25.6 Å². The lowest BCUT2D eigenvalue weighted by molar-refractivity contribution is -0.138. The van der Waals surface area contributed by atoms with Gasteiger partial charge in [0.1, 0.15) is 5.82 Å². The first-order valence-electron chi connectivity index (χ1n) is 6.70. The third-order valence-corrected chi connectivity index (χ3v) is 3.93. The fourth-order valence-electron chi connectivity index (χ4n) is 2.78. The Kier molecular flexibility index (Phi) is 4.24. The van der Waals surface area contributed by atoms with Crippen LogP contribution in [0.3, 0.4) is 0 Å². The van der Waals surface area contributed by atoms with Gasteiger partial charge in [-0.1, -0.05) is 0 Å². The SMILES string of the molecule is CN(C(=O)C1CCC(CC(=O)O)CC1)c1ccc[nH]1. The first-order valence-corrected chi connectivity index (χ1v) is 6.70. The van der Waals surface area contributed by atoms with Crippen LogP contribution in [0.25, 0.3) is 0 Å². The topological polar surface area (TPSA) is 73.4 Å². The highest BCUT2D eigenvalue weighted by atomic mass is 16.4. The minimum absolute atomic E-state index is 0.0262. The molecule has 1 amide bonds. The van der Waals surface area contributed by atoms with Crippen molar-refractivity contribution in [2.24, 2.45) is 11.8 Å². The van der Waals surface area contributed by atoms with Crippen LogP contribution >= 0.6 is 0 Å². The van der Waals surface area contributed by atoms with Gasteiger partial charge in [-0.3, -0.25) is 9.59 Å². The molecule has 5 nitrogen and oxygen atoms in total. The maximum atomic E-state index is 12.3. The van der Waals surface area contributed by atoms with Crippen molar-refractivity contribution in [3.05, 3.63) is 18.3 Å². The Balaban J connectivity index is 1.87. The molecule has 1 aliphatic rings. The predicted octanol–water partition coefficient (Wildman–Crippen LogP) is 2.26. The summed E-state index contributed by atoms with van der Waals surface area (Å²) in [6.07, 6.45) is 5.28. The molecule has 0 atom stereocenters. The van der Waals surface area contributed by atoms with Crippen LogP contribution in [0.2, 0.25) is 0 Å². The summed E-state index contributed by atoms with van der Waals surface area (Å²) in [5.74, 6) is 0.447. The molecule has 1 aromatic rings. The van der Waals surface area contributed by atoms with E-state index in [2.05, 4.69) is 4.98 Å². The molecule has 5 heteroatoms. The van der Waals surface area contributed by atoms with Crippen molar-refractivity contribution in [1.29, 1.82) is 0 Å². The van der Waals surface area contributed by atoms with Crippen LogP contribution in [0, 0.1) is 11.8 Å². The predicted molar refractivity (Wildman–Crippen MR) is 71.9 cm³/mol. The fraction of sp³-hybridized carbons (Fsp3) is 0.571. The standard InChI is InChI=1S/C14H20N2O3/c1-16(12-3-2-8-15-12)14(19)11-6-4-10(5-7-11)9-13(17)18/h2-3,8,10-11,15H,4-7,9H2,1H3,(H,17,18). The van der Waals surface area contributed by atoms with Crippen molar-refractivity contribution in [3.63, 3.8) is 0 Å². The van der Waals surface area contributed by atoms with E-state index in [1.165, 1.54) is 0 Å². The molecule has 1 aromatic heterocycles. The summed E-state index contributed by atoms with van der Waals surface area (Å²) >= 11 is 0. The van der Waals surface area contributed by atoms with Gasteiger partial charge in [0.25, 0.3) is 0 Å². The van der Waals surface area contributed by atoms with Crippen molar-refractivity contribution in [3.8, 4) is 0 Å². The summed E-state index contributed by atoms with van der Waals surface area (Å²) in [5.41, 5.74) is 0. The van der Waals surface area contributed by atoms with Crippen LogP contribution in [-0.4, -0.2) is 29.0 Å². The van der Waals surface area contributed by atoms with E-state index in [0.717, 1.165) is 31.5 Å². The maximum absolute atomic E-state index is 12.3. The minimum Gasteiger partial charge on any atom is -0.481 e. The van der Waals surface area contributed by atoms with Crippen molar-refractivity contribution >= 4 is 17.7 Å². The molecule has 0 saturated heterocycles. The monoisotopic (exact) mass is 264 g/mol. The molecule has 104 valence electrons. The van der Waals surface area contributed by atoms with Crippen molar-refractivity contribution in [2.45, 2.75) is 32.1 Å². The number of aromatic nitrogens is 1. The summed E-state index contributed by atoms with van der Waals surface area (Å²) in [7, 11) is 1.78. The number of nitrogens with one attached hydrogen (secondary N) is 1. The number of carboxylic acid groups (broad SMARTS) is 1. The number of amides is 1. The van der Waals surface area contributed by atoms with Crippen LogP contribution in [0.5, 0.6) is 0 Å². The highest BCUT2D eigenvalue weighted by Gasteiger charge is 2.29. The number of aromatic amines is 1. The zero-order valence-corrected chi connectivity index (χ0v) is 11.1. The quantitative estimate of drug-likeness (QED) is 0.876. The number of hydrogen-bond acceptors (Lipinski definition) is 2. The number of carboxylic acids is 1. The first kappa shape index (κ1) is 13.6. The molecule has 0 aliphatic heterocycles. The molecule has 19 heavy (non-hydrogen) atoms. The van der Waals surface area contributed by atoms with Crippen molar-refractivity contribution < 1.29 is 14.7 Å². The molecule has 2 N–H and O–H groups in total. The normalized spacial score (nSPS) is 23.0. The van der Waals surface area contributed by atoms with E-state index >= 15 is 0 Å². The third kappa shape index (κ3) is 3.36. The van der Waals surface area contributed by atoms with E-state index in [1.54, 1.807) is 18.1 Å². The van der Waals surface area contributed by atoms with E-state index in [4.69, 9.17) is 5.11 Å². The van der Waals surface area contributed by atoms with Gasteiger partial charge in [0.05, 0.1) is 0 Å². The lowest BCUT2D eigenvalue weighted by atomic mass is 9.80. The Morgan fingerprint density at radius 1 is 1.37 bits per heavy atom. The van der Waals surface area contributed by atoms with Gasteiger partial charge in [0.2, 0.25) is 5.91 Å². The Hall–Kier alpha value is -1.78. The Bertz CT molecular complexity index is 434. The molecule has 2 rings (SSSR count). The van der Waals surface area contributed by atoms with Crippen LogP contribution < -0.4 is 4.90 Å². The highest BCUT2D eigenvalue weighted by Crippen LogP contribution is 2.32. The summed E-state index contributed by atoms with van der Waals surface area (Å²) in [4.78, 5) is 27.7. The molecule has 0 bridgehead atoms. The average molecular weight is 264 g/mol. The Morgan fingerprint density at radius 2 is 2.05 bits per heavy atom. The number of H-pyrrole nitrogens is 1. The fourth-order valence-corrected chi connectivity index (χ4v) is 2.78. The third-order valence-electron chi connectivity index (χ3n) is 3.93. The second-order valence-electron chi connectivity index (χ2n) is 5.27. The number of anilines is 1. The van der Waals surface area contributed by atoms with Gasteiger partial charge < -0.3 is 15.0 Å². The Labute approximate surface area is 112 Å². The number of carbonyl (C=O) groups is 2. The first-order chi connectivity index (χ1) is 9.08. The molecule has 0 spiro atoms. The van der Waals surface area contributed by atoms with E-state index < -0.39 is 5.97 Å². The largest absolute Gasteiger partial charge is 0.481 e. The molecule has 1 aliphatic carbocycles. The maximum Gasteiger partial charge on any atom is 0.303 e. The number of aliphatic carboxylic acids is 1. The van der Waals surface area contributed by atoms with E-state index in [9.17, 15) is 9.59 Å². The number of carbonyl (C=O) groups excluding carboxylic acids is 1. The van der Waals surface area contributed by atoms with Gasteiger partial charge in [-0.25, -0.2) is 0 Å². The van der Waals surface area contributed by atoms with Crippen molar-refractivity contribution in [2.75, 3.05) is 11.9 Å². The summed E-state index contributed by atoms with van der Waals surface area (Å²) < 4.78 is 0. The number of nitrogens with zero attached hydrogens (tertiary/aromatic N) is 1. The number of rotatable bonds is 4. The molecule has 0 aromatic carbocycles. The van der Waals surface area contributed by atoms with Crippen LogP contribution in [0.4, 0.5) is 5.82 Å². The lowest BCUT2D eigenvalue weighted by Crippen LogP contribution is -2.35. The van der Waals surface area contributed by atoms with Gasteiger partial charge in [0.15, 0.2) is 0 Å². The lowest BCUT2D eigenvalue weighted by Gasteiger charge is -2.29. The van der Waals surface area contributed by atoms with Crippen LogP contribution in [-0.2, 0) is 9.59 Å². The molecular formula is C14H20N2O3. The van der Waals surface area contributed by atoms with E-state index in [1.807, 2.05) is 12.1 Å². The molecule has 1 saturated carbocycles. The Morgan fingerprint density at radius 3 is 2.58 bits per heavy atom. The second kappa shape index (κ2) is 5.91. The molecule has 1 heterocycles. The minimum atomic E-state index is -0.738. The van der Waals surface area contributed by atoms with Gasteiger partial charge in [-0.2, -0.15) is 0 Å².